The van der Waals surface area contributed by atoms with Gasteiger partial charge in [-0.3, -0.25) is 14.9 Å². The molecule has 0 bridgehead atoms. The summed E-state index contributed by atoms with van der Waals surface area (Å²) in [5, 5.41) is 20.7. The van der Waals surface area contributed by atoms with E-state index in [1.165, 1.54) is 29.2 Å². The second-order valence-corrected chi connectivity index (χ2v) is 5.63. The van der Waals surface area contributed by atoms with Gasteiger partial charge in [0.05, 0.1) is 12.0 Å². The molecule has 2 aromatic rings. The number of hydrogen-bond acceptors (Lipinski definition) is 6. The third-order valence-electron chi connectivity index (χ3n) is 3.66. The number of amides is 1. The zero-order valence-corrected chi connectivity index (χ0v) is 14.5. The van der Waals surface area contributed by atoms with Gasteiger partial charge in [-0.15, -0.1) is 0 Å². The van der Waals surface area contributed by atoms with Crippen molar-refractivity contribution in [3.05, 3.63) is 64.2 Å². The number of nitro groups is 1. The van der Waals surface area contributed by atoms with Gasteiger partial charge < -0.3 is 19.5 Å². The Hall–Kier alpha value is -3.13. The fourth-order valence-electron chi connectivity index (χ4n) is 2.26. The third kappa shape index (κ3) is 5.18. The van der Waals surface area contributed by atoms with Crippen LogP contribution in [0.25, 0.3) is 0 Å². The maximum Gasteiger partial charge on any atom is 0.269 e. The highest BCUT2D eigenvalue weighted by Crippen LogP contribution is 2.17. The summed E-state index contributed by atoms with van der Waals surface area (Å²) in [5.41, 5.74) is 0.221. The molecule has 2 rings (SSSR count). The molecule has 1 N–H and O–H groups in total. The number of rotatable bonds is 8. The first kappa shape index (κ1) is 19.2. The molecule has 138 valence electrons. The average Bonchev–Trinajstić information content (AvgIpc) is 2.66. The molecule has 0 heterocycles. The number of likely N-dealkylation sites (N-methyl/N-ethyl adjacent to an activating group) is 1. The molecule has 1 amide bonds. The highest BCUT2D eigenvalue weighted by molar-refractivity contribution is 5.94. The summed E-state index contributed by atoms with van der Waals surface area (Å²) in [6.07, 6.45) is -0.885. The molecule has 0 saturated heterocycles. The molecule has 8 nitrogen and oxygen atoms in total. The minimum Gasteiger partial charge on any atom is -0.497 e. The lowest BCUT2D eigenvalue weighted by molar-refractivity contribution is -0.384. The minimum absolute atomic E-state index is 0.0181. The van der Waals surface area contributed by atoms with E-state index >= 15 is 0 Å². The molecule has 8 heteroatoms. The molecule has 0 aliphatic heterocycles. The van der Waals surface area contributed by atoms with Gasteiger partial charge in [0.1, 0.15) is 24.2 Å². The Morgan fingerprint density at radius 2 is 1.73 bits per heavy atom. The van der Waals surface area contributed by atoms with Crippen molar-refractivity contribution in [3.63, 3.8) is 0 Å². The smallest absolute Gasteiger partial charge is 0.269 e. The number of benzene rings is 2. The Labute approximate surface area is 150 Å². The zero-order chi connectivity index (χ0) is 19.1. The molecule has 2 aromatic carbocycles. The Morgan fingerprint density at radius 1 is 1.15 bits per heavy atom. The van der Waals surface area contributed by atoms with E-state index in [1.807, 2.05) is 0 Å². The molecule has 1 atom stereocenters. The van der Waals surface area contributed by atoms with Crippen molar-refractivity contribution < 1.29 is 24.3 Å². The quantitative estimate of drug-likeness (QED) is 0.571. The Bertz CT molecular complexity index is 745. The van der Waals surface area contributed by atoms with Crippen LogP contribution in [0, 0.1) is 10.1 Å². The standard InChI is InChI=1S/C18H20N2O6/c1-19(18(22)13-3-5-14(6-4-13)20(23)24)11-15(21)12-26-17-9-7-16(25-2)8-10-17/h3-10,15,21H,11-12H2,1-2H3/t15-/m1/s1. The summed E-state index contributed by atoms with van der Waals surface area (Å²) in [5.74, 6) is 0.934. The Balaban J connectivity index is 1.85. The van der Waals surface area contributed by atoms with Crippen LogP contribution in [0.4, 0.5) is 5.69 Å². The molecule has 0 aliphatic rings. The van der Waals surface area contributed by atoms with Crippen LogP contribution in [0.5, 0.6) is 11.5 Å². The topological polar surface area (TPSA) is 102 Å². The van der Waals surface area contributed by atoms with Crippen molar-refractivity contribution in [1.82, 2.24) is 4.90 Å². The summed E-state index contributed by atoms with van der Waals surface area (Å²) >= 11 is 0. The molecule has 0 fully saturated rings. The lowest BCUT2D eigenvalue weighted by Gasteiger charge is -2.21. The normalized spacial score (nSPS) is 11.5. The van der Waals surface area contributed by atoms with Crippen LogP contribution < -0.4 is 9.47 Å². The van der Waals surface area contributed by atoms with Gasteiger partial charge in [-0.25, -0.2) is 0 Å². The molecule has 0 saturated carbocycles. The highest BCUT2D eigenvalue weighted by atomic mass is 16.6. The van der Waals surface area contributed by atoms with Crippen LogP contribution in [-0.4, -0.2) is 54.3 Å². The van der Waals surface area contributed by atoms with E-state index in [1.54, 1.807) is 38.4 Å². The fraction of sp³-hybridized carbons (Fsp3) is 0.278. The average molecular weight is 360 g/mol. The van der Waals surface area contributed by atoms with E-state index in [9.17, 15) is 20.0 Å². The number of aliphatic hydroxyl groups excluding tert-OH is 1. The summed E-state index contributed by atoms with van der Waals surface area (Å²) in [6, 6.07) is 12.2. The van der Waals surface area contributed by atoms with Gasteiger partial charge >= 0.3 is 0 Å². The van der Waals surface area contributed by atoms with Gasteiger partial charge in [-0.05, 0) is 36.4 Å². The largest absolute Gasteiger partial charge is 0.497 e. The molecule has 0 aromatic heterocycles. The van der Waals surface area contributed by atoms with E-state index in [0.717, 1.165) is 0 Å². The first-order valence-electron chi connectivity index (χ1n) is 7.85. The van der Waals surface area contributed by atoms with E-state index in [-0.39, 0.29) is 24.7 Å². The van der Waals surface area contributed by atoms with Crippen LogP contribution in [0.15, 0.2) is 48.5 Å². The molecule has 0 radical (unpaired) electrons. The summed E-state index contributed by atoms with van der Waals surface area (Å²) in [6.45, 7) is 0.0795. The predicted molar refractivity (Wildman–Crippen MR) is 94.6 cm³/mol. The number of hydrogen-bond donors (Lipinski definition) is 1. The number of methoxy groups -OCH3 is 1. The van der Waals surface area contributed by atoms with E-state index in [0.29, 0.717) is 17.1 Å². The Morgan fingerprint density at radius 3 is 2.27 bits per heavy atom. The predicted octanol–water partition coefficient (Wildman–Crippen LogP) is 2.12. The van der Waals surface area contributed by atoms with Gasteiger partial charge in [0.25, 0.3) is 11.6 Å². The minimum atomic E-state index is -0.885. The third-order valence-corrected chi connectivity index (χ3v) is 3.66. The molecule has 0 spiro atoms. The summed E-state index contributed by atoms with van der Waals surface area (Å²) < 4.78 is 10.5. The molecule has 0 aliphatic carbocycles. The molecular weight excluding hydrogens is 340 g/mol. The number of non-ortho nitro benzene ring substituents is 1. The first-order chi connectivity index (χ1) is 12.4. The van der Waals surface area contributed by atoms with Crippen molar-refractivity contribution in [2.24, 2.45) is 0 Å². The van der Waals surface area contributed by atoms with Crippen molar-refractivity contribution in [2.45, 2.75) is 6.10 Å². The van der Waals surface area contributed by atoms with Crippen LogP contribution in [0.2, 0.25) is 0 Å². The number of carbonyl (C=O) groups is 1. The SMILES string of the molecule is COc1ccc(OC[C@H](O)CN(C)C(=O)c2ccc([N+](=O)[O-])cc2)cc1. The summed E-state index contributed by atoms with van der Waals surface area (Å²) in [4.78, 5) is 23.7. The van der Waals surface area contributed by atoms with E-state index < -0.39 is 11.0 Å². The monoisotopic (exact) mass is 360 g/mol. The van der Waals surface area contributed by atoms with Crippen molar-refractivity contribution in [2.75, 3.05) is 27.3 Å². The van der Waals surface area contributed by atoms with Crippen molar-refractivity contribution in [1.29, 1.82) is 0 Å². The zero-order valence-electron chi connectivity index (χ0n) is 14.5. The van der Waals surface area contributed by atoms with Gasteiger partial charge in [0.2, 0.25) is 0 Å². The van der Waals surface area contributed by atoms with E-state index in [4.69, 9.17) is 9.47 Å². The second kappa shape index (κ2) is 8.82. The number of ether oxygens (including phenoxy) is 2. The number of carbonyl (C=O) groups excluding carboxylic acids is 1. The van der Waals surface area contributed by atoms with E-state index in [2.05, 4.69) is 0 Å². The molecular formula is C18H20N2O6. The molecule has 26 heavy (non-hydrogen) atoms. The van der Waals surface area contributed by atoms with Gasteiger partial charge in [0.15, 0.2) is 0 Å². The number of aliphatic hydroxyl groups is 1. The Kier molecular flexibility index (Phi) is 6.51. The van der Waals surface area contributed by atoms with Crippen LogP contribution in [-0.2, 0) is 0 Å². The number of nitro benzene ring substituents is 1. The van der Waals surface area contributed by atoms with Gasteiger partial charge in [0, 0.05) is 31.3 Å². The van der Waals surface area contributed by atoms with Crippen molar-refractivity contribution in [3.8, 4) is 11.5 Å². The highest BCUT2D eigenvalue weighted by Gasteiger charge is 2.17. The summed E-state index contributed by atoms with van der Waals surface area (Å²) in [7, 11) is 3.11. The first-order valence-corrected chi connectivity index (χ1v) is 7.85. The maximum atomic E-state index is 12.3. The van der Waals surface area contributed by atoms with Crippen LogP contribution >= 0.6 is 0 Å². The molecule has 0 unspecified atom stereocenters. The van der Waals surface area contributed by atoms with Crippen LogP contribution in [0.3, 0.4) is 0 Å². The van der Waals surface area contributed by atoms with Crippen molar-refractivity contribution >= 4 is 11.6 Å². The van der Waals surface area contributed by atoms with Gasteiger partial charge in [-0.2, -0.15) is 0 Å². The number of nitrogens with zero attached hydrogens (tertiary/aromatic N) is 2. The second-order valence-electron chi connectivity index (χ2n) is 5.63. The maximum absolute atomic E-state index is 12.3. The fourth-order valence-corrected chi connectivity index (χ4v) is 2.26. The van der Waals surface area contributed by atoms with Gasteiger partial charge in [-0.1, -0.05) is 0 Å². The van der Waals surface area contributed by atoms with Crippen LogP contribution in [0.1, 0.15) is 10.4 Å². The lowest BCUT2D eigenvalue weighted by Crippen LogP contribution is -2.37. The lowest BCUT2D eigenvalue weighted by atomic mass is 10.2.